The van der Waals surface area contributed by atoms with Gasteiger partial charge in [-0.25, -0.2) is 0 Å². The Morgan fingerprint density at radius 2 is 1.50 bits per heavy atom. The van der Waals surface area contributed by atoms with Gasteiger partial charge in [0.1, 0.15) is 10.6 Å². The normalized spacial score (nSPS) is 12.3. The number of nitrogens with one attached hydrogen (secondary N) is 1. The second kappa shape index (κ2) is 6.55. The van der Waals surface area contributed by atoms with Crippen molar-refractivity contribution in [2.24, 2.45) is 0 Å². The Hall–Kier alpha value is -3.01. The van der Waals surface area contributed by atoms with Crippen LogP contribution in [-0.2, 0) is 20.2 Å². The molecule has 0 bridgehead atoms. The first-order chi connectivity index (χ1) is 12.9. The fourth-order valence-electron chi connectivity index (χ4n) is 2.39. The van der Waals surface area contributed by atoms with Crippen molar-refractivity contribution < 1.29 is 39.8 Å². The maximum Gasteiger partial charge on any atom is 0.315 e. The number of rotatable bonds is 4. The molecular weight excluding hydrogens is 426 g/mol. The summed E-state index contributed by atoms with van der Waals surface area (Å²) in [7, 11) is -9.74. The molecule has 148 valence electrons. The third-order valence-electron chi connectivity index (χ3n) is 3.43. The number of hydrogen-bond donors (Lipinski definition) is 4. The van der Waals surface area contributed by atoms with Gasteiger partial charge in [0, 0.05) is 16.8 Å². The minimum Gasteiger partial charge on any atom is -0.507 e. The van der Waals surface area contributed by atoms with Crippen molar-refractivity contribution in [1.29, 1.82) is 0 Å². The van der Waals surface area contributed by atoms with Crippen LogP contribution < -0.4 is 5.32 Å². The standard InChI is InChI=1S/C13H8F2N4O7S2/c14-11-17-12(15)19-13(18-11)16-7-1-2-9(28(24,25)26)6-3-5(27(21,22)23)4-8(20)10(6)7/h1-4,20H,(H,21,22,23)(H,24,25,26)(H,16,17,18,19). The summed E-state index contributed by atoms with van der Waals surface area (Å²) >= 11 is 0. The van der Waals surface area contributed by atoms with Gasteiger partial charge in [-0.2, -0.15) is 40.6 Å². The number of phenols is 1. The van der Waals surface area contributed by atoms with Crippen molar-refractivity contribution in [3.8, 4) is 5.75 Å². The molecular formula is C13H8F2N4O7S2. The summed E-state index contributed by atoms with van der Waals surface area (Å²) in [5, 5.41) is 11.6. The van der Waals surface area contributed by atoms with Crippen LogP contribution >= 0.6 is 0 Å². The number of phenolic OH excluding ortho intramolecular Hbond substituents is 1. The molecule has 11 nitrogen and oxygen atoms in total. The molecule has 0 aliphatic carbocycles. The topological polar surface area (TPSA) is 180 Å². The Morgan fingerprint density at radius 1 is 0.893 bits per heavy atom. The molecule has 4 N–H and O–H groups in total. The molecule has 3 rings (SSSR count). The first-order valence-corrected chi connectivity index (χ1v) is 9.83. The average Bonchev–Trinajstić information content (AvgIpc) is 2.51. The number of hydrogen-bond acceptors (Lipinski definition) is 9. The van der Waals surface area contributed by atoms with E-state index in [0.29, 0.717) is 12.1 Å². The number of halogens is 2. The minimum atomic E-state index is -4.89. The molecule has 2 aromatic carbocycles. The molecule has 0 unspecified atom stereocenters. The van der Waals surface area contributed by atoms with Gasteiger partial charge in [-0.05, 0) is 18.2 Å². The van der Waals surface area contributed by atoms with E-state index in [0.717, 1.165) is 12.1 Å². The summed E-state index contributed by atoms with van der Waals surface area (Å²) in [6.07, 6.45) is -2.93. The van der Waals surface area contributed by atoms with Crippen LogP contribution in [-0.4, -0.2) is 46.0 Å². The first kappa shape index (κ1) is 19.7. The Balaban J connectivity index is 2.34. The van der Waals surface area contributed by atoms with Gasteiger partial charge in [0.15, 0.2) is 0 Å². The Kier molecular flexibility index (Phi) is 4.62. The van der Waals surface area contributed by atoms with Crippen LogP contribution in [0.1, 0.15) is 0 Å². The lowest BCUT2D eigenvalue weighted by molar-refractivity contribution is 0.458. The Labute approximate surface area is 155 Å². The summed E-state index contributed by atoms with van der Waals surface area (Å²) in [6, 6.07) is 3.09. The molecule has 0 saturated heterocycles. The molecule has 15 heteroatoms. The van der Waals surface area contributed by atoms with E-state index in [1.165, 1.54) is 0 Å². The van der Waals surface area contributed by atoms with E-state index < -0.39 is 59.3 Å². The van der Waals surface area contributed by atoms with E-state index in [4.69, 9.17) is 4.55 Å². The van der Waals surface area contributed by atoms with E-state index >= 15 is 0 Å². The molecule has 28 heavy (non-hydrogen) atoms. The van der Waals surface area contributed by atoms with Gasteiger partial charge >= 0.3 is 12.2 Å². The zero-order valence-electron chi connectivity index (χ0n) is 13.2. The summed E-state index contributed by atoms with van der Waals surface area (Å²) in [5.74, 6) is -1.49. The predicted octanol–water partition coefficient (Wildman–Crippen LogP) is 1.25. The summed E-state index contributed by atoms with van der Waals surface area (Å²) in [4.78, 5) is 7.36. The van der Waals surface area contributed by atoms with Crippen LogP contribution in [0, 0.1) is 12.2 Å². The predicted molar refractivity (Wildman–Crippen MR) is 88.3 cm³/mol. The van der Waals surface area contributed by atoms with Crippen molar-refractivity contribution in [1.82, 2.24) is 15.0 Å². The highest BCUT2D eigenvalue weighted by Gasteiger charge is 2.22. The van der Waals surface area contributed by atoms with Gasteiger partial charge in [0.25, 0.3) is 20.2 Å². The van der Waals surface area contributed by atoms with Crippen LogP contribution in [0.2, 0.25) is 0 Å². The lowest BCUT2D eigenvalue weighted by Gasteiger charge is -2.13. The van der Waals surface area contributed by atoms with E-state index in [1.54, 1.807) is 0 Å². The number of benzene rings is 2. The molecule has 0 amide bonds. The van der Waals surface area contributed by atoms with Crippen LogP contribution in [0.5, 0.6) is 5.75 Å². The number of fused-ring (bicyclic) bond motifs is 1. The second-order valence-electron chi connectivity index (χ2n) is 5.25. The van der Waals surface area contributed by atoms with Gasteiger partial charge in [0.05, 0.1) is 10.6 Å². The SMILES string of the molecule is O=S(=O)(O)c1cc(O)c2c(Nc3nc(F)nc(F)n3)ccc(S(=O)(=O)O)c2c1. The van der Waals surface area contributed by atoms with Crippen molar-refractivity contribution >= 4 is 42.6 Å². The fraction of sp³-hybridized carbons (Fsp3) is 0. The maximum absolute atomic E-state index is 13.1. The van der Waals surface area contributed by atoms with Crippen LogP contribution in [0.4, 0.5) is 20.4 Å². The fourth-order valence-corrected chi connectivity index (χ4v) is 3.60. The van der Waals surface area contributed by atoms with Crippen molar-refractivity contribution in [2.45, 2.75) is 9.79 Å². The van der Waals surface area contributed by atoms with Gasteiger partial charge in [-0.1, -0.05) is 0 Å². The Bertz CT molecular complexity index is 1310. The molecule has 0 spiro atoms. The van der Waals surface area contributed by atoms with E-state index in [2.05, 4.69) is 20.3 Å². The number of nitrogens with zero attached hydrogens (tertiary/aromatic N) is 3. The van der Waals surface area contributed by atoms with E-state index in [1.807, 2.05) is 0 Å². The van der Waals surface area contributed by atoms with E-state index in [-0.39, 0.29) is 11.1 Å². The highest BCUT2D eigenvalue weighted by molar-refractivity contribution is 7.86. The molecule has 0 fully saturated rings. The highest BCUT2D eigenvalue weighted by Crippen LogP contribution is 2.38. The summed E-state index contributed by atoms with van der Waals surface area (Å²) in [6.45, 7) is 0. The minimum absolute atomic E-state index is 0.202. The lowest BCUT2D eigenvalue weighted by Crippen LogP contribution is -2.06. The monoisotopic (exact) mass is 434 g/mol. The van der Waals surface area contributed by atoms with Gasteiger partial charge < -0.3 is 10.4 Å². The molecule has 0 radical (unpaired) electrons. The van der Waals surface area contributed by atoms with Crippen molar-refractivity contribution in [3.05, 3.63) is 36.4 Å². The number of aromatic nitrogens is 3. The van der Waals surface area contributed by atoms with Crippen LogP contribution in [0.15, 0.2) is 34.1 Å². The average molecular weight is 434 g/mol. The number of anilines is 2. The molecule has 0 aliphatic rings. The lowest BCUT2D eigenvalue weighted by atomic mass is 10.1. The van der Waals surface area contributed by atoms with Gasteiger partial charge in [-0.15, -0.1) is 0 Å². The molecule has 1 aromatic heterocycles. The first-order valence-electron chi connectivity index (χ1n) is 6.95. The van der Waals surface area contributed by atoms with Crippen LogP contribution in [0.3, 0.4) is 0 Å². The summed E-state index contributed by atoms with van der Waals surface area (Å²) in [5.41, 5.74) is -0.202. The smallest absolute Gasteiger partial charge is 0.315 e. The van der Waals surface area contributed by atoms with Gasteiger partial charge in [0.2, 0.25) is 5.95 Å². The molecule has 3 aromatic rings. The summed E-state index contributed by atoms with van der Waals surface area (Å²) < 4.78 is 90.6. The highest BCUT2D eigenvalue weighted by atomic mass is 32.2. The molecule has 0 saturated carbocycles. The second-order valence-corrected chi connectivity index (χ2v) is 8.06. The zero-order chi connectivity index (χ0) is 20.9. The third-order valence-corrected chi connectivity index (χ3v) is 5.17. The van der Waals surface area contributed by atoms with Crippen LogP contribution in [0.25, 0.3) is 10.8 Å². The molecule has 1 heterocycles. The van der Waals surface area contributed by atoms with Gasteiger partial charge in [-0.3, -0.25) is 9.11 Å². The van der Waals surface area contributed by atoms with Crippen molar-refractivity contribution in [2.75, 3.05) is 5.32 Å². The zero-order valence-corrected chi connectivity index (χ0v) is 14.8. The largest absolute Gasteiger partial charge is 0.507 e. The quantitative estimate of drug-likeness (QED) is 0.434. The molecule has 0 atom stereocenters. The third kappa shape index (κ3) is 3.81. The molecule has 0 aliphatic heterocycles. The van der Waals surface area contributed by atoms with Crippen molar-refractivity contribution in [3.63, 3.8) is 0 Å². The number of aromatic hydroxyl groups is 1. The van der Waals surface area contributed by atoms with E-state index in [9.17, 15) is 35.3 Å². The maximum atomic E-state index is 13.1. The Morgan fingerprint density at radius 3 is 2.04 bits per heavy atom.